The van der Waals surface area contributed by atoms with Crippen molar-refractivity contribution in [2.45, 2.75) is 71.3 Å². The lowest BCUT2D eigenvalue weighted by Crippen LogP contribution is -2.51. The van der Waals surface area contributed by atoms with Crippen LogP contribution in [0, 0.1) is 28.6 Å². The fourth-order valence-corrected chi connectivity index (χ4v) is 6.80. The lowest BCUT2D eigenvalue weighted by Gasteiger charge is -2.55. The zero-order chi connectivity index (χ0) is 20.2. The molecule has 0 heterocycles. The third-order valence-electron chi connectivity index (χ3n) is 8.56. The van der Waals surface area contributed by atoms with Crippen molar-refractivity contribution in [2.75, 3.05) is 6.61 Å². The SMILES string of the molecule is CCOC1=CC2=CC[C@@H]3[C@H](C=C[C@@]4(C)[C@H]3CC[C@@]4(O)CCC(=O)O)[C@@]2(C)CC1. The van der Waals surface area contributed by atoms with Crippen LogP contribution in [0.15, 0.2) is 35.6 Å². The molecule has 1 fully saturated rings. The number of allylic oxidation sites excluding steroid dienone is 5. The van der Waals surface area contributed by atoms with E-state index < -0.39 is 11.6 Å². The maximum atomic E-state index is 11.4. The molecular formula is C24H34O4. The van der Waals surface area contributed by atoms with Gasteiger partial charge in [-0.1, -0.05) is 32.1 Å². The first-order valence-corrected chi connectivity index (χ1v) is 10.9. The third-order valence-corrected chi connectivity index (χ3v) is 8.56. The summed E-state index contributed by atoms with van der Waals surface area (Å²) < 4.78 is 5.79. The van der Waals surface area contributed by atoms with E-state index in [0.717, 1.165) is 38.0 Å². The number of fused-ring (bicyclic) bond motifs is 5. The molecule has 0 aliphatic heterocycles. The van der Waals surface area contributed by atoms with Crippen molar-refractivity contribution >= 4 is 5.97 Å². The van der Waals surface area contributed by atoms with Gasteiger partial charge in [0.15, 0.2) is 0 Å². The van der Waals surface area contributed by atoms with Gasteiger partial charge in [-0.2, -0.15) is 0 Å². The van der Waals surface area contributed by atoms with Crippen LogP contribution in [0.3, 0.4) is 0 Å². The summed E-state index contributed by atoms with van der Waals surface area (Å²) in [6, 6.07) is 0. The van der Waals surface area contributed by atoms with Gasteiger partial charge in [-0.05, 0) is 73.8 Å². The van der Waals surface area contributed by atoms with E-state index in [9.17, 15) is 9.90 Å². The second-order valence-corrected chi connectivity index (χ2v) is 9.76. The van der Waals surface area contributed by atoms with Crippen LogP contribution < -0.4 is 0 Å². The average molecular weight is 387 g/mol. The molecule has 28 heavy (non-hydrogen) atoms. The van der Waals surface area contributed by atoms with Crippen molar-refractivity contribution in [3.05, 3.63) is 35.6 Å². The summed E-state index contributed by atoms with van der Waals surface area (Å²) in [5.74, 6) is 1.69. The Hall–Kier alpha value is -1.55. The molecule has 0 bridgehead atoms. The standard InChI is InChI=1S/C24H34O4/c1-4-28-17-7-11-22(2)16(15-17)5-6-18-19(22)8-12-23(3)20(18)9-13-24(23,27)14-10-21(25)26/h5,8,12,15,18-20,27H,4,6-7,9-11,13-14H2,1-3H3,(H,25,26)/t18-,19+,20+,22+,23+,24-/m1/s1. The van der Waals surface area contributed by atoms with E-state index in [0.29, 0.717) is 30.6 Å². The first-order valence-electron chi connectivity index (χ1n) is 10.9. The van der Waals surface area contributed by atoms with Gasteiger partial charge < -0.3 is 14.9 Å². The van der Waals surface area contributed by atoms with Crippen LogP contribution in [0.25, 0.3) is 0 Å². The Morgan fingerprint density at radius 1 is 1.32 bits per heavy atom. The Balaban J connectivity index is 1.64. The van der Waals surface area contributed by atoms with E-state index in [1.807, 2.05) is 6.92 Å². The van der Waals surface area contributed by atoms with Crippen molar-refractivity contribution in [3.8, 4) is 0 Å². The summed E-state index contributed by atoms with van der Waals surface area (Å²) in [6.45, 7) is 7.32. The van der Waals surface area contributed by atoms with E-state index in [1.54, 1.807) is 0 Å². The van der Waals surface area contributed by atoms with Crippen molar-refractivity contribution in [1.29, 1.82) is 0 Å². The monoisotopic (exact) mass is 386 g/mol. The lowest BCUT2D eigenvalue weighted by molar-refractivity contribution is -0.140. The number of hydrogen-bond donors (Lipinski definition) is 2. The molecular weight excluding hydrogens is 352 g/mol. The van der Waals surface area contributed by atoms with Gasteiger partial charge in [-0.15, -0.1) is 0 Å². The number of hydrogen-bond acceptors (Lipinski definition) is 3. The molecule has 2 N–H and O–H groups in total. The highest BCUT2D eigenvalue weighted by Gasteiger charge is 2.61. The van der Waals surface area contributed by atoms with Crippen LogP contribution in [-0.2, 0) is 9.53 Å². The maximum Gasteiger partial charge on any atom is 0.303 e. The molecule has 0 amide bonds. The fourth-order valence-electron chi connectivity index (χ4n) is 6.80. The Morgan fingerprint density at radius 2 is 2.11 bits per heavy atom. The van der Waals surface area contributed by atoms with Gasteiger partial charge in [-0.25, -0.2) is 0 Å². The first-order chi connectivity index (χ1) is 13.2. The smallest absolute Gasteiger partial charge is 0.303 e. The molecule has 0 aromatic carbocycles. The molecule has 4 rings (SSSR count). The zero-order valence-corrected chi connectivity index (χ0v) is 17.4. The van der Waals surface area contributed by atoms with Gasteiger partial charge in [0, 0.05) is 18.3 Å². The second kappa shape index (κ2) is 6.76. The van der Waals surface area contributed by atoms with E-state index in [4.69, 9.17) is 9.84 Å². The van der Waals surface area contributed by atoms with Crippen molar-refractivity contribution < 1.29 is 19.7 Å². The number of carboxylic acids is 1. The summed E-state index contributed by atoms with van der Waals surface area (Å²) in [5, 5.41) is 20.5. The predicted octanol–water partition coefficient (Wildman–Crippen LogP) is 4.85. The van der Waals surface area contributed by atoms with Crippen LogP contribution in [0.5, 0.6) is 0 Å². The number of aliphatic carboxylic acids is 1. The molecule has 1 saturated carbocycles. The van der Waals surface area contributed by atoms with Crippen LogP contribution in [-0.4, -0.2) is 28.4 Å². The van der Waals surface area contributed by atoms with Crippen LogP contribution in [0.2, 0.25) is 0 Å². The van der Waals surface area contributed by atoms with Crippen molar-refractivity contribution in [3.63, 3.8) is 0 Å². The molecule has 0 unspecified atom stereocenters. The zero-order valence-electron chi connectivity index (χ0n) is 17.4. The number of carboxylic acid groups (broad SMARTS) is 1. The number of carbonyl (C=O) groups is 1. The molecule has 154 valence electrons. The number of ether oxygens (including phenoxy) is 1. The van der Waals surface area contributed by atoms with Gasteiger partial charge in [0.1, 0.15) is 0 Å². The largest absolute Gasteiger partial charge is 0.498 e. The third kappa shape index (κ3) is 2.79. The summed E-state index contributed by atoms with van der Waals surface area (Å²) in [5.41, 5.74) is 0.308. The minimum Gasteiger partial charge on any atom is -0.498 e. The molecule has 4 aliphatic carbocycles. The maximum absolute atomic E-state index is 11.4. The average Bonchev–Trinajstić information content (AvgIpc) is 2.92. The lowest BCUT2D eigenvalue weighted by atomic mass is 9.50. The Bertz CT molecular complexity index is 750. The molecule has 0 radical (unpaired) electrons. The molecule has 4 heteroatoms. The second-order valence-electron chi connectivity index (χ2n) is 9.76. The van der Waals surface area contributed by atoms with Gasteiger partial charge in [-0.3, -0.25) is 4.79 Å². The molecule has 0 aromatic rings. The normalized spacial score (nSPS) is 44.1. The van der Waals surface area contributed by atoms with Crippen LogP contribution in [0.4, 0.5) is 0 Å². The quantitative estimate of drug-likeness (QED) is 0.663. The van der Waals surface area contributed by atoms with Crippen LogP contribution >= 0.6 is 0 Å². The molecule has 0 aromatic heterocycles. The summed E-state index contributed by atoms with van der Waals surface area (Å²) in [4.78, 5) is 11.1. The summed E-state index contributed by atoms with van der Waals surface area (Å²) in [7, 11) is 0. The first kappa shape index (κ1) is 19.8. The number of aliphatic hydroxyl groups is 1. The Labute approximate surface area is 168 Å². The van der Waals surface area contributed by atoms with E-state index in [1.165, 1.54) is 5.57 Å². The minimum atomic E-state index is -0.906. The molecule has 4 nitrogen and oxygen atoms in total. The number of rotatable bonds is 5. The summed E-state index contributed by atoms with van der Waals surface area (Å²) in [6.07, 6.45) is 14.5. The molecule has 0 saturated heterocycles. The highest BCUT2D eigenvalue weighted by molar-refractivity contribution is 5.66. The Morgan fingerprint density at radius 3 is 2.82 bits per heavy atom. The Kier molecular flexibility index (Phi) is 4.77. The van der Waals surface area contributed by atoms with Gasteiger partial charge in [0.05, 0.1) is 18.0 Å². The highest BCUT2D eigenvalue weighted by Crippen LogP contribution is 2.65. The topological polar surface area (TPSA) is 66.8 Å². The predicted molar refractivity (Wildman–Crippen MR) is 109 cm³/mol. The van der Waals surface area contributed by atoms with E-state index in [-0.39, 0.29) is 17.3 Å². The van der Waals surface area contributed by atoms with Gasteiger partial charge in [0.25, 0.3) is 0 Å². The molecule has 6 atom stereocenters. The fraction of sp³-hybridized carbons (Fsp3) is 0.708. The minimum absolute atomic E-state index is 0.0352. The molecule has 4 aliphatic rings. The van der Waals surface area contributed by atoms with E-state index in [2.05, 4.69) is 38.2 Å². The van der Waals surface area contributed by atoms with Crippen molar-refractivity contribution in [2.24, 2.45) is 28.6 Å². The summed E-state index contributed by atoms with van der Waals surface area (Å²) >= 11 is 0. The van der Waals surface area contributed by atoms with Gasteiger partial charge >= 0.3 is 5.97 Å². The highest BCUT2D eigenvalue weighted by atomic mass is 16.5. The van der Waals surface area contributed by atoms with Crippen LogP contribution in [0.1, 0.15) is 65.7 Å². The van der Waals surface area contributed by atoms with Gasteiger partial charge in [0.2, 0.25) is 0 Å². The van der Waals surface area contributed by atoms with Crippen molar-refractivity contribution in [1.82, 2.24) is 0 Å². The molecule has 0 spiro atoms. The van der Waals surface area contributed by atoms with E-state index >= 15 is 0 Å².